The van der Waals surface area contributed by atoms with E-state index < -0.39 is 0 Å². The van der Waals surface area contributed by atoms with E-state index in [-0.39, 0.29) is 0 Å². The van der Waals surface area contributed by atoms with Crippen LogP contribution in [0.3, 0.4) is 0 Å². The number of aromatic amines is 2. The van der Waals surface area contributed by atoms with Crippen molar-refractivity contribution in [3.05, 3.63) is 18.0 Å². The summed E-state index contributed by atoms with van der Waals surface area (Å²) in [6, 6.07) is 2.05. The maximum absolute atomic E-state index is 4.12. The highest BCUT2D eigenvalue weighted by Gasteiger charge is 2.07. The first-order valence-electron chi connectivity index (χ1n) is 3.80. The molecule has 2 N–H and O–H groups in total. The minimum absolute atomic E-state index is 0.510. The molecular weight excluding hydrogens is 138 g/mol. The molecule has 0 unspecified atom stereocenters. The maximum Gasteiger partial charge on any atom is 0.159 e. The van der Waals surface area contributed by atoms with Crippen LogP contribution in [0.4, 0.5) is 0 Å². The van der Waals surface area contributed by atoms with Crippen LogP contribution < -0.4 is 0 Å². The molecule has 2 aromatic heterocycles. The molecule has 0 aliphatic rings. The number of aromatic nitrogens is 3. The van der Waals surface area contributed by atoms with Gasteiger partial charge in [-0.05, 0) is 12.0 Å². The van der Waals surface area contributed by atoms with Gasteiger partial charge in [0.25, 0.3) is 0 Å². The third kappa shape index (κ3) is 0.843. The van der Waals surface area contributed by atoms with E-state index in [0.29, 0.717) is 5.92 Å². The SMILES string of the molecule is CC(C)c1[nH]nc2[nH]ccc12. The smallest absolute Gasteiger partial charge is 0.159 e. The fraction of sp³-hybridized carbons (Fsp3) is 0.375. The number of hydrogen-bond donors (Lipinski definition) is 2. The predicted octanol–water partition coefficient (Wildman–Crippen LogP) is 2.01. The van der Waals surface area contributed by atoms with Crippen molar-refractivity contribution >= 4 is 11.0 Å². The normalized spacial score (nSPS) is 11.5. The molecule has 0 aromatic carbocycles. The molecule has 0 spiro atoms. The van der Waals surface area contributed by atoms with Gasteiger partial charge in [0.05, 0.1) is 0 Å². The van der Waals surface area contributed by atoms with Crippen molar-refractivity contribution in [2.24, 2.45) is 0 Å². The molecule has 0 aliphatic carbocycles. The zero-order valence-corrected chi connectivity index (χ0v) is 6.68. The van der Waals surface area contributed by atoms with Crippen molar-refractivity contribution in [2.45, 2.75) is 19.8 Å². The van der Waals surface area contributed by atoms with E-state index in [1.807, 2.05) is 12.3 Å². The number of rotatable bonds is 1. The molecular formula is C8H11N3. The Morgan fingerprint density at radius 3 is 3.00 bits per heavy atom. The highest BCUT2D eigenvalue weighted by Crippen LogP contribution is 2.20. The van der Waals surface area contributed by atoms with Crippen molar-refractivity contribution < 1.29 is 0 Å². The van der Waals surface area contributed by atoms with Crippen molar-refractivity contribution in [3.63, 3.8) is 0 Å². The van der Waals surface area contributed by atoms with Crippen molar-refractivity contribution in [2.75, 3.05) is 0 Å². The van der Waals surface area contributed by atoms with Crippen molar-refractivity contribution in [3.8, 4) is 0 Å². The number of hydrogen-bond acceptors (Lipinski definition) is 1. The Labute approximate surface area is 64.8 Å². The molecule has 11 heavy (non-hydrogen) atoms. The lowest BCUT2D eigenvalue weighted by atomic mass is 10.1. The number of nitrogens with zero attached hydrogens (tertiary/aromatic N) is 1. The second-order valence-corrected chi connectivity index (χ2v) is 3.03. The first-order valence-corrected chi connectivity index (χ1v) is 3.80. The summed E-state index contributed by atoms with van der Waals surface area (Å²) >= 11 is 0. The molecule has 58 valence electrons. The molecule has 0 amide bonds. The van der Waals surface area contributed by atoms with Gasteiger partial charge in [0, 0.05) is 17.3 Å². The summed E-state index contributed by atoms with van der Waals surface area (Å²) in [4.78, 5) is 3.05. The summed E-state index contributed by atoms with van der Waals surface area (Å²) in [6.07, 6.45) is 1.91. The molecule has 0 fully saturated rings. The zero-order chi connectivity index (χ0) is 7.84. The molecule has 0 atom stereocenters. The summed E-state index contributed by atoms with van der Waals surface area (Å²) in [5.41, 5.74) is 2.16. The number of H-pyrrole nitrogens is 2. The minimum Gasteiger partial charge on any atom is -0.345 e. The second-order valence-electron chi connectivity index (χ2n) is 3.03. The topological polar surface area (TPSA) is 44.5 Å². The van der Waals surface area contributed by atoms with Crippen LogP contribution in [0, 0.1) is 0 Å². The fourth-order valence-corrected chi connectivity index (χ4v) is 1.29. The summed E-state index contributed by atoms with van der Waals surface area (Å²) in [5, 5.41) is 8.34. The summed E-state index contributed by atoms with van der Waals surface area (Å²) in [5.74, 6) is 0.510. The van der Waals surface area contributed by atoms with Gasteiger partial charge in [0.1, 0.15) is 0 Å². The van der Waals surface area contributed by atoms with Gasteiger partial charge >= 0.3 is 0 Å². The van der Waals surface area contributed by atoms with Gasteiger partial charge in [-0.2, -0.15) is 5.10 Å². The monoisotopic (exact) mass is 149 g/mol. The van der Waals surface area contributed by atoms with Crippen molar-refractivity contribution in [1.82, 2.24) is 15.2 Å². The van der Waals surface area contributed by atoms with Gasteiger partial charge in [-0.25, -0.2) is 0 Å². The van der Waals surface area contributed by atoms with Crippen LogP contribution in [0.15, 0.2) is 12.3 Å². The van der Waals surface area contributed by atoms with Crippen LogP contribution in [0.25, 0.3) is 11.0 Å². The van der Waals surface area contributed by atoms with Crippen LogP contribution in [0.1, 0.15) is 25.5 Å². The molecule has 2 rings (SSSR count). The Bertz CT molecular complexity index is 356. The molecule has 0 radical (unpaired) electrons. The van der Waals surface area contributed by atoms with Crippen LogP contribution in [0.2, 0.25) is 0 Å². The lowest BCUT2D eigenvalue weighted by molar-refractivity contribution is 0.817. The van der Waals surface area contributed by atoms with Crippen LogP contribution in [-0.2, 0) is 0 Å². The molecule has 3 nitrogen and oxygen atoms in total. The average Bonchev–Trinajstić information content (AvgIpc) is 2.41. The second kappa shape index (κ2) is 2.12. The summed E-state index contributed by atoms with van der Waals surface area (Å²) in [6.45, 7) is 4.31. The molecule has 0 bridgehead atoms. The lowest BCUT2D eigenvalue weighted by Crippen LogP contribution is -1.86. The van der Waals surface area contributed by atoms with Gasteiger partial charge in [-0.3, -0.25) is 5.10 Å². The Morgan fingerprint density at radius 2 is 2.27 bits per heavy atom. The predicted molar refractivity (Wildman–Crippen MR) is 44.5 cm³/mol. The summed E-state index contributed by atoms with van der Waals surface area (Å²) < 4.78 is 0. The Hall–Kier alpha value is -1.25. The Kier molecular flexibility index (Phi) is 1.24. The van der Waals surface area contributed by atoms with Crippen LogP contribution >= 0.6 is 0 Å². The standard InChI is InChI=1S/C8H11N3/c1-5(2)7-6-3-4-9-8(6)11-10-7/h3-5H,1-2H3,(H2,9,10,11). The average molecular weight is 149 g/mol. The third-order valence-corrected chi connectivity index (χ3v) is 1.88. The first kappa shape index (κ1) is 6.46. The maximum atomic E-state index is 4.12. The van der Waals surface area contributed by atoms with E-state index >= 15 is 0 Å². The first-order chi connectivity index (χ1) is 5.29. The van der Waals surface area contributed by atoms with E-state index in [9.17, 15) is 0 Å². The van der Waals surface area contributed by atoms with Gasteiger partial charge in [0.15, 0.2) is 5.65 Å². The molecule has 2 heterocycles. The largest absolute Gasteiger partial charge is 0.345 e. The van der Waals surface area contributed by atoms with E-state index in [1.165, 1.54) is 11.1 Å². The van der Waals surface area contributed by atoms with E-state index in [1.54, 1.807) is 0 Å². The van der Waals surface area contributed by atoms with Gasteiger partial charge in [-0.1, -0.05) is 13.8 Å². The quantitative estimate of drug-likeness (QED) is 0.640. The van der Waals surface area contributed by atoms with Crippen LogP contribution in [0.5, 0.6) is 0 Å². The number of nitrogens with one attached hydrogen (secondary N) is 2. The third-order valence-electron chi connectivity index (χ3n) is 1.88. The van der Waals surface area contributed by atoms with Gasteiger partial charge in [-0.15, -0.1) is 0 Å². The van der Waals surface area contributed by atoms with Crippen LogP contribution in [-0.4, -0.2) is 15.2 Å². The van der Waals surface area contributed by atoms with E-state index in [0.717, 1.165) is 5.65 Å². The fourth-order valence-electron chi connectivity index (χ4n) is 1.29. The number of fused-ring (bicyclic) bond motifs is 1. The molecule has 2 aromatic rings. The minimum atomic E-state index is 0.510. The van der Waals surface area contributed by atoms with Gasteiger partial charge in [0.2, 0.25) is 0 Å². The molecule has 0 saturated heterocycles. The zero-order valence-electron chi connectivity index (χ0n) is 6.68. The van der Waals surface area contributed by atoms with E-state index in [4.69, 9.17) is 0 Å². The molecule has 3 heteroatoms. The summed E-state index contributed by atoms with van der Waals surface area (Å²) in [7, 11) is 0. The molecule has 0 saturated carbocycles. The highest BCUT2D eigenvalue weighted by molar-refractivity contribution is 5.78. The van der Waals surface area contributed by atoms with Crippen molar-refractivity contribution in [1.29, 1.82) is 0 Å². The van der Waals surface area contributed by atoms with E-state index in [2.05, 4.69) is 29.0 Å². The van der Waals surface area contributed by atoms with Gasteiger partial charge < -0.3 is 4.98 Å². The lowest BCUT2D eigenvalue weighted by Gasteiger charge is -1.97. The Balaban J connectivity index is 2.68. The Morgan fingerprint density at radius 1 is 1.45 bits per heavy atom. The molecule has 0 aliphatic heterocycles. The highest BCUT2D eigenvalue weighted by atomic mass is 15.1.